The highest BCUT2D eigenvalue weighted by molar-refractivity contribution is 6.24. The topological polar surface area (TPSA) is 198 Å². The summed E-state index contributed by atoms with van der Waals surface area (Å²) in [5.74, 6) is -3.28. The number of carbonyl (C=O) groups is 7. The molecule has 1 atom stereocenters. The molecule has 55 heavy (non-hydrogen) atoms. The van der Waals surface area contributed by atoms with Crippen LogP contribution in [0, 0.1) is 0 Å². The third-order valence-electron chi connectivity index (χ3n) is 9.80. The Labute approximate surface area is 315 Å². The quantitative estimate of drug-likeness (QED) is 0.0741. The molecule has 6 amide bonds. The summed E-state index contributed by atoms with van der Waals surface area (Å²) in [6, 6.07) is 26.2. The van der Waals surface area contributed by atoms with E-state index in [1.165, 1.54) is 12.3 Å². The largest absolute Gasteiger partial charge is 0.365 e. The summed E-state index contributed by atoms with van der Waals surface area (Å²) in [5.41, 5.74) is 11.1. The Balaban J connectivity index is 0.912. The van der Waals surface area contributed by atoms with Gasteiger partial charge >= 0.3 is 0 Å². The van der Waals surface area contributed by atoms with Crippen molar-refractivity contribution in [1.29, 1.82) is 0 Å². The highest BCUT2D eigenvalue weighted by Crippen LogP contribution is 2.33. The van der Waals surface area contributed by atoms with Gasteiger partial charge in [-0.25, -0.2) is 0 Å². The number of aromatic nitrogens is 1. The molecule has 1 aromatic heterocycles. The van der Waals surface area contributed by atoms with Crippen LogP contribution in [0.15, 0.2) is 97.2 Å². The third kappa shape index (κ3) is 7.58. The number of Topliss-reactive ketones (excluding diaryl/α,β-unsaturated/α-hetero) is 1. The number of benzene rings is 4. The van der Waals surface area contributed by atoms with Crippen LogP contribution in [-0.2, 0) is 20.8 Å². The Morgan fingerprint density at radius 2 is 1.62 bits per heavy atom. The van der Waals surface area contributed by atoms with E-state index in [0.29, 0.717) is 28.8 Å². The van der Waals surface area contributed by atoms with Crippen molar-refractivity contribution in [2.45, 2.75) is 44.6 Å². The summed E-state index contributed by atoms with van der Waals surface area (Å²) in [4.78, 5) is 93.6. The van der Waals surface area contributed by atoms with Crippen LogP contribution in [0.4, 0.5) is 11.4 Å². The van der Waals surface area contributed by atoms with Gasteiger partial charge in [0.25, 0.3) is 17.7 Å². The maximum Gasteiger partial charge on any atom is 0.262 e. The number of nitrogens with one attached hydrogen (secondary N) is 3. The fourth-order valence-corrected chi connectivity index (χ4v) is 6.96. The van der Waals surface area contributed by atoms with Crippen LogP contribution >= 0.6 is 0 Å². The second-order valence-corrected chi connectivity index (χ2v) is 13.4. The van der Waals surface area contributed by atoms with Gasteiger partial charge in [-0.15, -0.1) is 0 Å². The number of pyridine rings is 1. The van der Waals surface area contributed by atoms with Gasteiger partial charge < -0.3 is 16.4 Å². The average Bonchev–Trinajstić information content (AvgIpc) is 3.44. The van der Waals surface area contributed by atoms with Crippen molar-refractivity contribution < 1.29 is 33.6 Å². The molecule has 7 rings (SSSR count). The Kier molecular flexibility index (Phi) is 10.3. The molecule has 276 valence electrons. The number of hydrogen-bond acceptors (Lipinski definition) is 9. The number of nitrogens with zero attached hydrogens (tertiary/aromatic N) is 2. The minimum Gasteiger partial charge on any atom is -0.365 e. The number of primary amides is 1. The van der Waals surface area contributed by atoms with E-state index >= 15 is 0 Å². The van der Waals surface area contributed by atoms with Gasteiger partial charge in [-0.05, 0) is 60.2 Å². The Morgan fingerprint density at radius 3 is 2.36 bits per heavy atom. The van der Waals surface area contributed by atoms with Gasteiger partial charge in [0.05, 0.1) is 27.9 Å². The van der Waals surface area contributed by atoms with Crippen molar-refractivity contribution in [2.75, 3.05) is 11.9 Å². The zero-order chi connectivity index (χ0) is 38.6. The van der Waals surface area contributed by atoms with E-state index in [-0.39, 0.29) is 67.0 Å². The molecule has 0 radical (unpaired) electrons. The van der Waals surface area contributed by atoms with Crippen LogP contribution in [-0.4, -0.2) is 63.7 Å². The van der Waals surface area contributed by atoms with Crippen molar-refractivity contribution >= 4 is 63.5 Å². The van der Waals surface area contributed by atoms with Crippen LogP contribution < -0.4 is 21.7 Å². The van der Waals surface area contributed by atoms with E-state index in [1.54, 1.807) is 24.3 Å². The number of para-hydroxylation sites is 1. The van der Waals surface area contributed by atoms with Crippen LogP contribution in [0.2, 0.25) is 0 Å². The van der Waals surface area contributed by atoms with Crippen LogP contribution in [0.5, 0.6) is 0 Å². The number of piperidine rings is 1. The minimum absolute atomic E-state index is 0.0254. The van der Waals surface area contributed by atoms with Crippen LogP contribution in [0.25, 0.3) is 22.0 Å². The first kappa shape index (κ1) is 36.3. The average molecular weight is 737 g/mol. The molecule has 3 heterocycles. The van der Waals surface area contributed by atoms with E-state index in [4.69, 9.17) is 5.73 Å². The van der Waals surface area contributed by atoms with Gasteiger partial charge in [0.1, 0.15) is 6.04 Å². The molecule has 2 aliphatic heterocycles. The Bertz CT molecular complexity index is 2390. The summed E-state index contributed by atoms with van der Waals surface area (Å²) in [5, 5.41) is 9.03. The van der Waals surface area contributed by atoms with Gasteiger partial charge in [0, 0.05) is 48.6 Å². The molecular formula is C42H36N6O7. The van der Waals surface area contributed by atoms with E-state index in [0.717, 1.165) is 27.1 Å². The number of amides is 6. The van der Waals surface area contributed by atoms with Crippen LogP contribution in [0.3, 0.4) is 0 Å². The molecule has 0 bridgehead atoms. The summed E-state index contributed by atoms with van der Waals surface area (Å²) in [6.45, 7) is 0.277. The lowest BCUT2D eigenvalue weighted by molar-refractivity contribution is -0.136. The van der Waals surface area contributed by atoms with Gasteiger partial charge in [-0.1, -0.05) is 66.7 Å². The number of rotatable bonds is 13. The van der Waals surface area contributed by atoms with Gasteiger partial charge in [0.15, 0.2) is 5.78 Å². The number of ketones is 1. The molecule has 5 aromatic rings. The number of aryl methyl sites for hydroxylation is 1. The second kappa shape index (κ2) is 15.5. The second-order valence-electron chi connectivity index (χ2n) is 13.4. The molecule has 4 aromatic carbocycles. The summed E-state index contributed by atoms with van der Waals surface area (Å²) in [6.07, 6.45) is 2.43. The molecule has 0 spiro atoms. The van der Waals surface area contributed by atoms with E-state index in [2.05, 4.69) is 20.9 Å². The number of carbonyl (C=O) groups excluding carboxylic acids is 7. The van der Waals surface area contributed by atoms with E-state index in [1.807, 2.05) is 60.7 Å². The fourth-order valence-electron chi connectivity index (χ4n) is 6.96. The smallest absolute Gasteiger partial charge is 0.262 e. The number of hydrogen-bond donors (Lipinski definition) is 4. The molecule has 1 fully saturated rings. The SMILES string of the molecule is NC(=O)c1cnc2cc(-c3ccc(C(=O)CCCNC(=O)CCc4cccc5c4C(=O)N(C4CCC(=O)NC4=O)C5=O)cc3)ccc2c1Nc1ccccc1. The van der Waals surface area contributed by atoms with Crippen molar-refractivity contribution in [3.05, 3.63) is 125 Å². The first-order valence-electron chi connectivity index (χ1n) is 17.9. The lowest BCUT2D eigenvalue weighted by Gasteiger charge is -2.27. The molecule has 13 nitrogen and oxygen atoms in total. The summed E-state index contributed by atoms with van der Waals surface area (Å²) < 4.78 is 0. The Hall–Kier alpha value is -7.02. The molecule has 5 N–H and O–H groups in total. The highest BCUT2D eigenvalue weighted by atomic mass is 16.2. The number of fused-ring (bicyclic) bond motifs is 2. The van der Waals surface area contributed by atoms with Gasteiger partial charge in [0.2, 0.25) is 17.7 Å². The molecule has 1 unspecified atom stereocenters. The monoisotopic (exact) mass is 736 g/mol. The van der Waals surface area contributed by atoms with Crippen LogP contribution in [0.1, 0.15) is 79.1 Å². The van der Waals surface area contributed by atoms with Gasteiger partial charge in [-0.2, -0.15) is 0 Å². The molecular weight excluding hydrogens is 700 g/mol. The fraction of sp³-hybridized carbons (Fsp3) is 0.190. The van der Waals surface area contributed by atoms with E-state index in [9.17, 15) is 33.6 Å². The molecule has 2 aliphatic rings. The predicted molar refractivity (Wildman–Crippen MR) is 203 cm³/mol. The Morgan fingerprint density at radius 1 is 0.855 bits per heavy atom. The summed E-state index contributed by atoms with van der Waals surface area (Å²) in [7, 11) is 0. The standard InChI is InChI=1S/C42H36N6O7/c43-39(52)31-23-45-32-22-27(15-17-29(32)38(31)46-28-7-2-1-3-8-28)24-11-13-25(14-12-24)34(49)10-5-21-44-35(50)19-16-26-6-4-9-30-37(26)42(55)48(41(30)54)33-18-20-36(51)47-40(33)53/h1-4,6-9,11-15,17,22-23,33H,5,10,16,18-21H2,(H2,43,52)(H,44,50)(H,45,46)(H,47,51,53). The maximum absolute atomic E-state index is 13.3. The molecule has 1 saturated heterocycles. The molecule has 0 aliphatic carbocycles. The normalized spacial score (nSPS) is 15.1. The predicted octanol–water partition coefficient (Wildman–Crippen LogP) is 4.86. The zero-order valence-corrected chi connectivity index (χ0v) is 29.6. The number of imide groups is 2. The first-order valence-corrected chi connectivity index (χ1v) is 17.9. The lowest BCUT2D eigenvalue weighted by atomic mass is 9.98. The number of nitrogens with two attached hydrogens (primary N) is 1. The third-order valence-corrected chi connectivity index (χ3v) is 9.80. The zero-order valence-electron chi connectivity index (χ0n) is 29.6. The molecule has 0 saturated carbocycles. The lowest BCUT2D eigenvalue weighted by Crippen LogP contribution is -2.54. The highest BCUT2D eigenvalue weighted by Gasteiger charge is 2.45. The molecule has 13 heteroatoms. The minimum atomic E-state index is -1.07. The van der Waals surface area contributed by atoms with Crippen molar-refractivity contribution in [3.63, 3.8) is 0 Å². The number of anilines is 2. The maximum atomic E-state index is 13.3. The van der Waals surface area contributed by atoms with Gasteiger partial charge in [-0.3, -0.25) is 48.8 Å². The first-order chi connectivity index (χ1) is 26.6. The van der Waals surface area contributed by atoms with Crippen molar-refractivity contribution in [3.8, 4) is 11.1 Å². The van der Waals surface area contributed by atoms with Crippen molar-refractivity contribution in [2.24, 2.45) is 5.73 Å². The van der Waals surface area contributed by atoms with Crippen molar-refractivity contribution in [1.82, 2.24) is 20.5 Å². The van der Waals surface area contributed by atoms with E-state index < -0.39 is 35.6 Å². The summed E-state index contributed by atoms with van der Waals surface area (Å²) >= 11 is 0.